The maximum atomic E-state index is 12.5. The molecule has 0 unspecified atom stereocenters. The second-order valence-electron chi connectivity index (χ2n) is 7.74. The van der Waals surface area contributed by atoms with Crippen LogP contribution in [0.3, 0.4) is 0 Å². The van der Waals surface area contributed by atoms with E-state index in [4.69, 9.17) is 0 Å². The largest absolute Gasteiger partial charge is 0.363 e. The second-order valence-corrected chi connectivity index (χ2v) is 7.74. The first-order valence-electron chi connectivity index (χ1n) is 10.4. The Labute approximate surface area is 197 Å². The molecular weight excluding hydrogens is 435 g/mol. The van der Waals surface area contributed by atoms with Crippen LogP contribution in [-0.2, 0) is 4.79 Å². The topological polar surface area (TPSA) is 73.4 Å². The fraction of sp³-hybridized carbons (Fsp3) is 0.500. The van der Waals surface area contributed by atoms with Gasteiger partial charge in [-0.05, 0) is 50.8 Å². The number of para-hydroxylation sites is 1. The molecule has 0 aliphatic heterocycles. The lowest BCUT2D eigenvalue weighted by atomic mass is 9.91. The van der Waals surface area contributed by atoms with Crippen molar-refractivity contribution in [1.29, 1.82) is 0 Å². The zero-order valence-electron chi connectivity index (χ0n) is 18.5. The molecule has 0 bridgehead atoms. The molecular formula is C22H34Cl2N6O. The summed E-state index contributed by atoms with van der Waals surface area (Å²) < 4.78 is 0. The minimum absolute atomic E-state index is 0. The normalized spacial score (nSPS) is 17.5. The first kappa shape index (κ1) is 26.8. The second kappa shape index (κ2) is 13.2. The van der Waals surface area contributed by atoms with Gasteiger partial charge in [0.1, 0.15) is 5.82 Å². The SMILES string of the molecule is CCN(CC(=O)NC1CCC(Nc2nccc(N(C)C)n2)CC1)c1ccccc1.Cl.Cl. The van der Waals surface area contributed by atoms with Gasteiger partial charge >= 0.3 is 0 Å². The number of nitrogens with zero attached hydrogens (tertiary/aromatic N) is 4. The van der Waals surface area contributed by atoms with Crippen LogP contribution >= 0.6 is 24.8 Å². The van der Waals surface area contributed by atoms with E-state index in [0.717, 1.165) is 43.7 Å². The van der Waals surface area contributed by atoms with Crippen LogP contribution in [0.25, 0.3) is 0 Å². The van der Waals surface area contributed by atoms with Crippen molar-refractivity contribution < 1.29 is 4.79 Å². The molecule has 1 aromatic heterocycles. The summed E-state index contributed by atoms with van der Waals surface area (Å²) in [5.74, 6) is 1.65. The highest BCUT2D eigenvalue weighted by molar-refractivity contribution is 5.85. The molecule has 1 aromatic carbocycles. The fourth-order valence-electron chi connectivity index (χ4n) is 3.70. The third-order valence-electron chi connectivity index (χ3n) is 5.36. The monoisotopic (exact) mass is 468 g/mol. The number of rotatable bonds is 8. The fourth-order valence-corrected chi connectivity index (χ4v) is 3.70. The van der Waals surface area contributed by atoms with Crippen LogP contribution in [0.5, 0.6) is 0 Å². The van der Waals surface area contributed by atoms with Crippen LogP contribution in [0.4, 0.5) is 17.5 Å². The van der Waals surface area contributed by atoms with E-state index in [1.54, 1.807) is 6.20 Å². The molecule has 0 atom stereocenters. The number of nitrogens with one attached hydrogen (secondary N) is 2. The summed E-state index contributed by atoms with van der Waals surface area (Å²) in [7, 11) is 3.94. The lowest BCUT2D eigenvalue weighted by Gasteiger charge is -2.31. The van der Waals surface area contributed by atoms with Crippen molar-refractivity contribution >= 4 is 48.2 Å². The average Bonchev–Trinajstić information content (AvgIpc) is 2.74. The molecule has 1 aliphatic rings. The number of carbonyl (C=O) groups is 1. The number of hydrogen-bond donors (Lipinski definition) is 2. The Morgan fingerprint density at radius 1 is 1.03 bits per heavy atom. The van der Waals surface area contributed by atoms with E-state index < -0.39 is 0 Å². The standard InChI is InChI=1S/C22H32N6O.2ClH/c1-4-28(19-8-6-5-7-9-19)16-21(29)24-17-10-12-18(13-11-17)25-22-23-15-14-20(26-22)27(2)3;;/h5-9,14-15,17-18H,4,10-13,16H2,1-3H3,(H,24,29)(H,23,25,26);2*1H. The molecule has 172 valence electrons. The van der Waals surface area contributed by atoms with E-state index in [1.165, 1.54) is 0 Å². The van der Waals surface area contributed by atoms with Crippen molar-refractivity contribution in [2.75, 3.05) is 42.3 Å². The average molecular weight is 469 g/mol. The van der Waals surface area contributed by atoms with Crippen molar-refractivity contribution in [1.82, 2.24) is 15.3 Å². The number of likely N-dealkylation sites (N-methyl/N-ethyl adjacent to an activating group) is 1. The Bertz CT molecular complexity index is 785. The molecule has 0 saturated heterocycles. The van der Waals surface area contributed by atoms with Crippen LogP contribution in [0.15, 0.2) is 42.6 Å². The van der Waals surface area contributed by atoms with Gasteiger partial charge in [-0.15, -0.1) is 24.8 Å². The molecule has 31 heavy (non-hydrogen) atoms. The number of benzene rings is 1. The summed E-state index contributed by atoms with van der Waals surface area (Å²) in [5, 5.41) is 6.66. The minimum atomic E-state index is 0. The van der Waals surface area contributed by atoms with Crippen molar-refractivity contribution in [3.63, 3.8) is 0 Å². The molecule has 9 heteroatoms. The summed E-state index contributed by atoms with van der Waals surface area (Å²) >= 11 is 0. The summed E-state index contributed by atoms with van der Waals surface area (Å²) in [4.78, 5) is 25.5. The first-order valence-corrected chi connectivity index (χ1v) is 10.4. The third kappa shape index (κ3) is 8.07. The quantitative estimate of drug-likeness (QED) is 0.614. The molecule has 7 nitrogen and oxygen atoms in total. The Morgan fingerprint density at radius 3 is 2.29 bits per heavy atom. The van der Waals surface area contributed by atoms with Crippen molar-refractivity contribution in [3.05, 3.63) is 42.6 Å². The van der Waals surface area contributed by atoms with Gasteiger partial charge < -0.3 is 20.4 Å². The highest BCUT2D eigenvalue weighted by Gasteiger charge is 2.23. The minimum Gasteiger partial charge on any atom is -0.363 e. The van der Waals surface area contributed by atoms with Gasteiger partial charge in [-0.3, -0.25) is 4.79 Å². The maximum Gasteiger partial charge on any atom is 0.239 e. The van der Waals surface area contributed by atoms with Crippen molar-refractivity contribution in [2.24, 2.45) is 0 Å². The van der Waals surface area contributed by atoms with E-state index in [2.05, 4.69) is 32.4 Å². The van der Waals surface area contributed by atoms with Gasteiger partial charge in [0.2, 0.25) is 11.9 Å². The Kier molecular flexibility index (Phi) is 11.4. The zero-order valence-corrected chi connectivity index (χ0v) is 20.1. The van der Waals surface area contributed by atoms with Gasteiger partial charge in [-0.1, -0.05) is 18.2 Å². The highest BCUT2D eigenvalue weighted by atomic mass is 35.5. The zero-order chi connectivity index (χ0) is 20.6. The predicted octanol–water partition coefficient (Wildman–Crippen LogP) is 3.75. The molecule has 1 fully saturated rings. The van der Waals surface area contributed by atoms with Crippen LogP contribution in [-0.4, -0.2) is 55.1 Å². The van der Waals surface area contributed by atoms with Gasteiger partial charge in [0, 0.05) is 44.6 Å². The van der Waals surface area contributed by atoms with Gasteiger partial charge in [0.15, 0.2) is 0 Å². The van der Waals surface area contributed by atoms with E-state index in [9.17, 15) is 4.79 Å². The van der Waals surface area contributed by atoms with Crippen LogP contribution in [0.1, 0.15) is 32.6 Å². The summed E-state index contributed by atoms with van der Waals surface area (Å²) in [6.45, 7) is 3.27. The number of aromatic nitrogens is 2. The molecule has 1 aliphatic carbocycles. The predicted molar refractivity (Wildman–Crippen MR) is 133 cm³/mol. The Hall–Kier alpha value is -2.25. The number of carbonyl (C=O) groups excluding carboxylic acids is 1. The maximum absolute atomic E-state index is 12.5. The van der Waals surface area contributed by atoms with Gasteiger partial charge in [-0.2, -0.15) is 4.98 Å². The molecule has 1 saturated carbocycles. The Morgan fingerprint density at radius 2 is 1.68 bits per heavy atom. The molecule has 3 rings (SSSR count). The summed E-state index contributed by atoms with van der Waals surface area (Å²) in [6, 6.07) is 12.6. The molecule has 0 spiro atoms. The van der Waals surface area contributed by atoms with Crippen LogP contribution in [0, 0.1) is 0 Å². The van der Waals surface area contributed by atoms with Gasteiger partial charge in [0.05, 0.1) is 6.54 Å². The first-order chi connectivity index (χ1) is 14.0. The highest BCUT2D eigenvalue weighted by Crippen LogP contribution is 2.22. The van der Waals surface area contributed by atoms with Crippen molar-refractivity contribution in [3.8, 4) is 0 Å². The van der Waals surface area contributed by atoms with Crippen molar-refractivity contribution in [2.45, 2.75) is 44.7 Å². The van der Waals surface area contributed by atoms with E-state index in [1.807, 2.05) is 55.4 Å². The summed E-state index contributed by atoms with van der Waals surface area (Å²) in [5.41, 5.74) is 1.08. The lowest BCUT2D eigenvalue weighted by Crippen LogP contribution is -2.44. The van der Waals surface area contributed by atoms with E-state index >= 15 is 0 Å². The smallest absolute Gasteiger partial charge is 0.239 e. The van der Waals surface area contributed by atoms with Gasteiger partial charge in [0.25, 0.3) is 0 Å². The number of anilines is 3. The molecule has 1 heterocycles. The van der Waals surface area contributed by atoms with E-state index in [0.29, 0.717) is 18.5 Å². The Balaban J connectivity index is 0.00000240. The summed E-state index contributed by atoms with van der Waals surface area (Å²) in [6.07, 6.45) is 5.71. The van der Waals surface area contributed by atoms with E-state index in [-0.39, 0.29) is 36.8 Å². The van der Waals surface area contributed by atoms with Gasteiger partial charge in [-0.25, -0.2) is 4.98 Å². The van der Waals surface area contributed by atoms with Crippen LogP contribution in [0.2, 0.25) is 0 Å². The third-order valence-corrected chi connectivity index (χ3v) is 5.36. The molecule has 1 amide bonds. The lowest BCUT2D eigenvalue weighted by molar-refractivity contribution is -0.120. The van der Waals surface area contributed by atoms with Crippen LogP contribution < -0.4 is 20.4 Å². The number of amides is 1. The number of halogens is 2. The molecule has 2 N–H and O–H groups in total. The number of hydrogen-bond acceptors (Lipinski definition) is 6. The molecule has 0 radical (unpaired) electrons. The molecule has 2 aromatic rings.